The zero-order valence-electron chi connectivity index (χ0n) is 14.5. The van der Waals surface area contributed by atoms with Gasteiger partial charge in [-0.15, -0.1) is 0 Å². The zero-order valence-corrected chi connectivity index (χ0v) is 15.4. The molecule has 3 aromatic rings. The first-order valence-corrected chi connectivity index (χ1v) is 9.60. The number of aryl methyl sites for hydroxylation is 1. The Bertz CT molecular complexity index is 1060. The fraction of sp³-hybridized carbons (Fsp3) is 0.0500. The van der Waals surface area contributed by atoms with Crippen molar-refractivity contribution in [2.24, 2.45) is 5.73 Å². The molecule has 0 heterocycles. The van der Waals surface area contributed by atoms with E-state index in [2.05, 4.69) is 4.72 Å². The summed E-state index contributed by atoms with van der Waals surface area (Å²) < 4.78 is 33.5. The van der Waals surface area contributed by atoms with E-state index in [9.17, 15) is 13.2 Å². The third-order valence-electron chi connectivity index (χ3n) is 3.83. The molecule has 0 saturated heterocycles. The lowest BCUT2D eigenvalue weighted by Crippen LogP contribution is -2.13. The summed E-state index contributed by atoms with van der Waals surface area (Å²) in [6, 6.07) is 19.5. The molecule has 0 aliphatic heterocycles. The molecule has 1 amide bonds. The number of carbonyl (C=O) groups is 1. The van der Waals surface area contributed by atoms with Crippen LogP contribution in [0.15, 0.2) is 77.7 Å². The Hall–Kier alpha value is -3.32. The summed E-state index contributed by atoms with van der Waals surface area (Å²) in [5.74, 6) is 0.245. The van der Waals surface area contributed by atoms with Crippen molar-refractivity contribution in [2.45, 2.75) is 11.8 Å². The Morgan fingerprint density at radius 2 is 1.56 bits per heavy atom. The Balaban J connectivity index is 1.85. The summed E-state index contributed by atoms with van der Waals surface area (Å²) in [5, 5.41) is 0. The monoisotopic (exact) mass is 382 g/mol. The fourth-order valence-corrected chi connectivity index (χ4v) is 3.45. The van der Waals surface area contributed by atoms with Gasteiger partial charge in [0.05, 0.1) is 10.6 Å². The molecular weight excluding hydrogens is 364 g/mol. The maximum atomic E-state index is 12.6. The summed E-state index contributed by atoms with van der Waals surface area (Å²) in [5.41, 5.74) is 6.85. The molecule has 0 unspecified atom stereocenters. The Labute approximate surface area is 157 Å². The molecule has 138 valence electrons. The fourth-order valence-electron chi connectivity index (χ4n) is 2.38. The minimum atomic E-state index is -3.75. The van der Waals surface area contributed by atoms with Crippen LogP contribution in [0.2, 0.25) is 0 Å². The van der Waals surface area contributed by atoms with Crippen molar-refractivity contribution in [1.29, 1.82) is 0 Å². The molecule has 3 aromatic carbocycles. The summed E-state index contributed by atoms with van der Waals surface area (Å²) in [6.45, 7) is 1.89. The van der Waals surface area contributed by atoms with E-state index in [1.807, 2.05) is 6.92 Å². The molecule has 0 aliphatic rings. The zero-order chi connectivity index (χ0) is 19.4. The van der Waals surface area contributed by atoms with Crippen LogP contribution < -0.4 is 15.2 Å². The quantitative estimate of drug-likeness (QED) is 0.679. The number of primary amides is 1. The van der Waals surface area contributed by atoms with Crippen LogP contribution in [0, 0.1) is 6.92 Å². The second-order valence-corrected chi connectivity index (χ2v) is 7.59. The smallest absolute Gasteiger partial charge is 0.262 e. The van der Waals surface area contributed by atoms with Gasteiger partial charge in [0.15, 0.2) is 5.75 Å². The van der Waals surface area contributed by atoms with Gasteiger partial charge in [0.1, 0.15) is 5.75 Å². The lowest BCUT2D eigenvalue weighted by atomic mass is 10.2. The van der Waals surface area contributed by atoms with E-state index in [-0.39, 0.29) is 4.90 Å². The molecule has 0 fully saturated rings. The molecule has 6 nitrogen and oxygen atoms in total. The first-order valence-electron chi connectivity index (χ1n) is 8.11. The number of nitrogens with one attached hydrogen (secondary N) is 1. The number of ether oxygens (including phenoxy) is 1. The van der Waals surface area contributed by atoms with Gasteiger partial charge in [-0.05, 0) is 55.5 Å². The van der Waals surface area contributed by atoms with E-state index >= 15 is 0 Å². The van der Waals surface area contributed by atoms with Crippen molar-refractivity contribution < 1.29 is 17.9 Å². The molecule has 27 heavy (non-hydrogen) atoms. The molecule has 0 atom stereocenters. The van der Waals surface area contributed by atoms with Gasteiger partial charge in [-0.3, -0.25) is 9.52 Å². The van der Waals surface area contributed by atoms with Crippen LogP contribution in [0.5, 0.6) is 11.5 Å². The number of nitrogens with two attached hydrogens (primary N) is 1. The maximum Gasteiger partial charge on any atom is 0.262 e. The van der Waals surface area contributed by atoms with Crippen LogP contribution in [0.1, 0.15) is 15.9 Å². The van der Waals surface area contributed by atoms with Crippen molar-refractivity contribution in [3.63, 3.8) is 0 Å². The van der Waals surface area contributed by atoms with Gasteiger partial charge in [-0.2, -0.15) is 0 Å². The number of rotatable bonds is 6. The molecule has 0 radical (unpaired) electrons. The van der Waals surface area contributed by atoms with Crippen LogP contribution in [-0.2, 0) is 10.0 Å². The molecule has 3 rings (SSSR count). The highest BCUT2D eigenvalue weighted by Gasteiger charge is 2.16. The molecule has 7 heteroatoms. The van der Waals surface area contributed by atoms with E-state index in [0.717, 1.165) is 5.56 Å². The molecule has 0 bridgehead atoms. The van der Waals surface area contributed by atoms with Crippen LogP contribution in [0.3, 0.4) is 0 Å². The highest BCUT2D eigenvalue weighted by molar-refractivity contribution is 7.92. The molecule has 0 saturated carbocycles. The van der Waals surface area contributed by atoms with Gasteiger partial charge in [0.2, 0.25) is 5.91 Å². The SMILES string of the molecule is Cc1ccc(S(=O)(=O)Nc2ccccc2Oc2ccc(C(N)=O)cc2)cc1. The topological polar surface area (TPSA) is 98.5 Å². The van der Waals surface area contributed by atoms with Crippen molar-refractivity contribution in [3.05, 3.63) is 83.9 Å². The van der Waals surface area contributed by atoms with Gasteiger partial charge in [0, 0.05) is 5.56 Å². The largest absolute Gasteiger partial charge is 0.455 e. The molecule has 0 spiro atoms. The van der Waals surface area contributed by atoms with E-state index in [4.69, 9.17) is 10.5 Å². The number of amides is 1. The lowest BCUT2D eigenvalue weighted by molar-refractivity contribution is 0.100. The molecular formula is C20H18N2O4S. The number of anilines is 1. The predicted molar refractivity (Wildman–Crippen MR) is 103 cm³/mol. The number of sulfonamides is 1. The Morgan fingerprint density at radius 3 is 2.19 bits per heavy atom. The van der Waals surface area contributed by atoms with Gasteiger partial charge >= 0.3 is 0 Å². The molecule has 0 aromatic heterocycles. The van der Waals surface area contributed by atoms with Gasteiger partial charge in [-0.1, -0.05) is 29.8 Å². The van der Waals surface area contributed by atoms with E-state index in [0.29, 0.717) is 22.7 Å². The average molecular weight is 382 g/mol. The lowest BCUT2D eigenvalue weighted by Gasteiger charge is -2.13. The Morgan fingerprint density at radius 1 is 0.926 bits per heavy atom. The van der Waals surface area contributed by atoms with Crippen molar-refractivity contribution in [2.75, 3.05) is 4.72 Å². The van der Waals surface area contributed by atoms with Crippen LogP contribution in [0.4, 0.5) is 5.69 Å². The number of hydrogen-bond acceptors (Lipinski definition) is 4. The number of para-hydroxylation sites is 2. The number of hydrogen-bond donors (Lipinski definition) is 2. The first-order chi connectivity index (χ1) is 12.8. The van der Waals surface area contributed by atoms with Crippen LogP contribution >= 0.6 is 0 Å². The van der Waals surface area contributed by atoms with Gasteiger partial charge < -0.3 is 10.5 Å². The molecule has 3 N–H and O–H groups in total. The minimum Gasteiger partial charge on any atom is -0.455 e. The average Bonchev–Trinajstić information content (AvgIpc) is 2.64. The van der Waals surface area contributed by atoms with Gasteiger partial charge in [-0.25, -0.2) is 8.42 Å². The summed E-state index contributed by atoms with van der Waals surface area (Å²) in [4.78, 5) is 11.3. The van der Waals surface area contributed by atoms with Crippen molar-refractivity contribution in [3.8, 4) is 11.5 Å². The highest BCUT2D eigenvalue weighted by Crippen LogP contribution is 2.31. The standard InChI is InChI=1S/C20H18N2O4S/c1-14-6-12-17(13-7-14)27(24,25)22-18-4-2-3-5-19(18)26-16-10-8-15(9-11-16)20(21)23/h2-13,22H,1H3,(H2,21,23). The summed E-state index contributed by atoms with van der Waals surface area (Å²) in [6.07, 6.45) is 0. The Kier molecular flexibility index (Phi) is 5.14. The van der Waals surface area contributed by atoms with Gasteiger partial charge in [0.25, 0.3) is 10.0 Å². The van der Waals surface area contributed by atoms with E-state index < -0.39 is 15.9 Å². The first kappa shape index (κ1) is 18.5. The third kappa shape index (κ3) is 4.45. The van der Waals surface area contributed by atoms with Crippen LogP contribution in [-0.4, -0.2) is 14.3 Å². The second-order valence-electron chi connectivity index (χ2n) is 5.91. The van der Waals surface area contributed by atoms with Crippen molar-refractivity contribution >= 4 is 21.6 Å². The second kappa shape index (κ2) is 7.51. The van der Waals surface area contributed by atoms with E-state index in [1.54, 1.807) is 60.7 Å². The third-order valence-corrected chi connectivity index (χ3v) is 5.21. The van der Waals surface area contributed by atoms with Crippen LogP contribution in [0.25, 0.3) is 0 Å². The summed E-state index contributed by atoms with van der Waals surface area (Å²) >= 11 is 0. The highest BCUT2D eigenvalue weighted by atomic mass is 32.2. The summed E-state index contributed by atoms with van der Waals surface area (Å²) in [7, 11) is -3.75. The predicted octanol–water partition coefficient (Wildman–Crippen LogP) is 3.69. The number of carbonyl (C=O) groups excluding carboxylic acids is 1. The normalized spacial score (nSPS) is 11.0. The van der Waals surface area contributed by atoms with E-state index in [1.165, 1.54) is 12.1 Å². The van der Waals surface area contributed by atoms with Crippen molar-refractivity contribution in [1.82, 2.24) is 0 Å². The minimum absolute atomic E-state index is 0.161. The number of benzene rings is 3. The maximum absolute atomic E-state index is 12.6. The molecule has 0 aliphatic carbocycles.